The summed E-state index contributed by atoms with van der Waals surface area (Å²) in [5, 5.41) is 2.68. The minimum Gasteiger partial charge on any atom is -0.357 e. The summed E-state index contributed by atoms with van der Waals surface area (Å²) < 4.78 is 12.9. The highest BCUT2D eigenvalue weighted by molar-refractivity contribution is 5.96. The highest BCUT2D eigenvalue weighted by Crippen LogP contribution is 2.21. The number of hydrogen-bond acceptors (Lipinski definition) is 2. The van der Waals surface area contributed by atoms with Crippen molar-refractivity contribution in [2.75, 3.05) is 19.6 Å². The van der Waals surface area contributed by atoms with Gasteiger partial charge in [0.2, 0.25) is 5.91 Å². The monoisotopic (exact) mass is 287 g/mol. The van der Waals surface area contributed by atoms with Crippen molar-refractivity contribution in [3.63, 3.8) is 0 Å². The number of carbonyl (C=O) groups is 2. The lowest BCUT2D eigenvalue weighted by molar-refractivity contribution is -0.123. The van der Waals surface area contributed by atoms with Crippen LogP contribution in [0, 0.1) is 5.82 Å². The Kier molecular flexibility index (Phi) is 3.43. The van der Waals surface area contributed by atoms with Gasteiger partial charge in [-0.1, -0.05) is 12.1 Å². The maximum Gasteiger partial charge on any atom is 0.270 e. The lowest BCUT2D eigenvalue weighted by Crippen LogP contribution is -2.50. The predicted molar refractivity (Wildman–Crippen MR) is 75.1 cm³/mol. The van der Waals surface area contributed by atoms with Crippen LogP contribution in [0.3, 0.4) is 0 Å². The SMILES string of the molecule is O=C1CN(C(=O)c2cc(-c3ccc(F)cc3)c[nH]2)CCN1. The van der Waals surface area contributed by atoms with E-state index in [1.54, 1.807) is 24.4 Å². The second-order valence-electron chi connectivity index (χ2n) is 4.89. The van der Waals surface area contributed by atoms with Crippen LogP contribution in [0.1, 0.15) is 10.5 Å². The Morgan fingerprint density at radius 2 is 1.95 bits per heavy atom. The van der Waals surface area contributed by atoms with Crippen molar-refractivity contribution in [1.82, 2.24) is 15.2 Å². The van der Waals surface area contributed by atoms with Gasteiger partial charge in [0.25, 0.3) is 5.91 Å². The van der Waals surface area contributed by atoms with Crippen LogP contribution >= 0.6 is 0 Å². The predicted octanol–water partition coefficient (Wildman–Crippen LogP) is 1.39. The average molecular weight is 287 g/mol. The molecule has 6 heteroatoms. The van der Waals surface area contributed by atoms with E-state index in [0.717, 1.165) is 11.1 Å². The molecule has 2 heterocycles. The summed E-state index contributed by atoms with van der Waals surface area (Å²) in [4.78, 5) is 28.0. The van der Waals surface area contributed by atoms with Gasteiger partial charge in [0, 0.05) is 19.3 Å². The van der Waals surface area contributed by atoms with Gasteiger partial charge in [0.15, 0.2) is 0 Å². The molecule has 3 rings (SSSR count). The first-order valence-electron chi connectivity index (χ1n) is 6.64. The van der Waals surface area contributed by atoms with Gasteiger partial charge in [0.1, 0.15) is 11.5 Å². The zero-order valence-electron chi connectivity index (χ0n) is 11.2. The molecule has 1 aliphatic rings. The Morgan fingerprint density at radius 3 is 2.67 bits per heavy atom. The fourth-order valence-electron chi connectivity index (χ4n) is 2.31. The maximum atomic E-state index is 12.9. The third kappa shape index (κ3) is 2.79. The molecule has 0 spiro atoms. The van der Waals surface area contributed by atoms with Gasteiger partial charge in [-0.25, -0.2) is 4.39 Å². The number of aromatic nitrogens is 1. The van der Waals surface area contributed by atoms with Crippen molar-refractivity contribution in [1.29, 1.82) is 0 Å². The molecule has 108 valence electrons. The summed E-state index contributed by atoms with van der Waals surface area (Å²) in [6.07, 6.45) is 1.70. The standard InChI is InChI=1S/C15H14FN3O2/c16-12-3-1-10(2-4-12)11-7-13(18-8-11)15(21)19-6-5-17-14(20)9-19/h1-4,7-8,18H,5-6,9H2,(H,17,20). The Labute approximate surface area is 120 Å². The van der Waals surface area contributed by atoms with Crippen LogP contribution in [0.2, 0.25) is 0 Å². The number of rotatable bonds is 2. The van der Waals surface area contributed by atoms with Gasteiger partial charge in [-0.2, -0.15) is 0 Å². The quantitative estimate of drug-likeness (QED) is 0.876. The molecule has 1 aromatic heterocycles. The number of carbonyl (C=O) groups excluding carboxylic acids is 2. The summed E-state index contributed by atoms with van der Waals surface area (Å²) in [7, 11) is 0. The number of nitrogens with zero attached hydrogens (tertiary/aromatic N) is 1. The highest BCUT2D eigenvalue weighted by atomic mass is 19.1. The smallest absolute Gasteiger partial charge is 0.270 e. The lowest BCUT2D eigenvalue weighted by atomic mass is 10.1. The summed E-state index contributed by atoms with van der Waals surface area (Å²) in [5.41, 5.74) is 2.05. The van der Waals surface area contributed by atoms with Crippen LogP contribution in [-0.2, 0) is 4.79 Å². The molecule has 0 atom stereocenters. The van der Waals surface area contributed by atoms with Gasteiger partial charge >= 0.3 is 0 Å². The first kappa shape index (κ1) is 13.4. The molecule has 2 amide bonds. The van der Waals surface area contributed by atoms with E-state index in [1.165, 1.54) is 17.0 Å². The van der Waals surface area contributed by atoms with Crippen LogP contribution in [-0.4, -0.2) is 41.3 Å². The van der Waals surface area contributed by atoms with Gasteiger partial charge in [-0.05, 0) is 29.3 Å². The number of aromatic amines is 1. The fourth-order valence-corrected chi connectivity index (χ4v) is 2.31. The number of benzene rings is 1. The highest BCUT2D eigenvalue weighted by Gasteiger charge is 2.23. The molecule has 0 unspecified atom stereocenters. The van der Waals surface area contributed by atoms with E-state index in [-0.39, 0.29) is 24.2 Å². The molecule has 5 nitrogen and oxygen atoms in total. The number of halogens is 1. The Morgan fingerprint density at radius 1 is 1.19 bits per heavy atom. The Balaban J connectivity index is 1.79. The number of hydrogen-bond donors (Lipinski definition) is 2. The zero-order chi connectivity index (χ0) is 14.8. The molecule has 2 N–H and O–H groups in total. The second kappa shape index (κ2) is 5.40. The molecule has 0 saturated carbocycles. The van der Waals surface area contributed by atoms with E-state index in [1.807, 2.05) is 0 Å². The normalized spacial score (nSPS) is 14.9. The molecule has 0 aliphatic carbocycles. The van der Waals surface area contributed by atoms with Crippen molar-refractivity contribution >= 4 is 11.8 Å². The van der Waals surface area contributed by atoms with Crippen LogP contribution in [0.15, 0.2) is 36.5 Å². The maximum absolute atomic E-state index is 12.9. The van der Waals surface area contributed by atoms with Gasteiger partial charge in [0.05, 0.1) is 6.54 Å². The van der Waals surface area contributed by atoms with E-state index in [2.05, 4.69) is 10.3 Å². The van der Waals surface area contributed by atoms with Crippen molar-refractivity contribution in [3.05, 3.63) is 48.0 Å². The van der Waals surface area contributed by atoms with E-state index >= 15 is 0 Å². The van der Waals surface area contributed by atoms with Crippen molar-refractivity contribution in [3.8, 4) is 11.1 Å². The minimum absolute atomic E-state index is 0.0731. The minimum atomic E-state index is -0.301. The largest absolute Gasteiger partial charge is 0.357 e. The number of H-pyrrole nitrogens is 1. The zero-order valence-corrected chi connectivity index (χ0v) is 11.2. The van der Waals surface area contributed by atoms with Crippen LogP contribution < -0.4 is 5.32 Å². The summed E-state index contributed by atoms with van der Waals surface area (Å²) >= 11 is 0. The number of amides is 2. The lowest BCUT2D eigenvalue weighted by Gasteiger charge is -2.26. The van der Waals surface area contributed by atoms with E-state index in [4.69, 9.17) is 0 Å². The van der Waals surface area contributed by atoms with E-state index in [9.17, 15) is 14.0 Å². The van der Waals surface area contributed by atoms with Crippen LogP contribution in [0.4, 0.5) is 4.39 Å². The third-order valence-electron chi connectivity index (χ3n) is 3.42. The topological polar surface area (TPSA) is 65.2 Å². The van der Waals surface area contributed by atoms with Gasteiger partial charge in [-0.3, -0.25) is 9.59 Å². The van der Waals surface area contributed by atoms with Gasteiger partial charge in [-0.15, -0.1) is 0 Å². The summed E-state index contributed by atoms with van der Waals surface area (Å²) in [6.45, 7) is 1.04. The first-order valence-corrected chi connectivity index (χ1v) is 6.64. The molecule has 1 fully saturated rings. The van der Waals surface area contributed by atoms with Crippen molar-refractivity contribution in [2.24, 2.45) is 0 Å². The molecule has 0 bridgehead atoms. The van der Waals surface area contributed by atoms with Crippen LogP contribution in [0.5, 0.6) is 0 Å². The van der Waals surface area contributed by atoms with E-state index < -0.39 is 0 Å². The molecule has 2 aromatic rings. The summed E-state index contributed by atoms with van der Waals surface area (Å²) in [6, 6.07) is 7.77. The van der Waals surface area contributed by atoms with E-state index in [0.29, 0.717) is 18.8 Å². The third-order valence-corrected chi connectivity index (χ3v) is 3.42. The van der Waals surface area contributed by atoms with Crippen molar-refractivity contribution < 1.29 is 14.0 Å². The fraction of sp³-hybridized carbons (Fsp3) is 0.200. The van der Waals surface area contributed by atoms with Crippen molar-refractivity contribution in [2.45, 2.75) is 0 Å². The Hall–Kier alpha value is -2.63. The second-order valence-corrected chi connectivity index (χ2v) is 4.89. The molecule has 0 radical (unpaired) electrons. The molecule has 1 saturated heterocycles. The van der Waals surface area contributed by atoms with Gasteiger partial charge < -0.3 is 15.2 Å². The molecule has 1 aromatic carbocycles. The molecule has 21 heavy (non-hydrogen) atoms. The Bertz CT molecular complexity index is 678. The molecular formula is C15H14FN3O2. The molecular weight excluding hydrogens is 273 g/mol. The van der Waals surface area contributed by atoms with Crippen LogP contribution in [0.25, 0.3) is 11.1 Å². The number of nitrogens with one attached hydrogen (secondary N) is 2. The molecule has 1 aliphatic heterocycles. The number of piperazine rings is 1. The first-order chi connectivity index (χ1) is 10.1. The summed E-state index contributed by atoms with van der Waals surface area (Å²) in [5.74, 6) is -0.664. The average Bonchev–Trinajstić information content (AvgIpc) is 2.97.